The van der Waals surface area contributed by atoms with Crippen LogP contribution in [0.1, 0.15) is 108 Å². The number of carbonyl (C=O) groups is 2. The van der Waals surface area contributed by atoms with Gasteiger partial charge in [0, 0.05) is 16.4 Å². The molecule has 3 aromatic carbocycles. The Morgan fingerprint density at radius 2 is 1.09 bits per heavy atom. The van der Waals surface area contributed by atoms with E-state index < -0.39 is 18.2 Å². The van der Waals surface area contributed by atoms with Gasteiger partial charge in [-0.15, -0.1) is 0 Å². The lowest BCUT2D eigenvalue weighted by Crippen LogP contribution is -2.24. The van der Waals surface area contributed by atoms with Crippen LogP contribution in [0.15, 0.2) is 60.7 Å². The molecule has 184 valence electrons. The molecule has 3 aromatic rings. The summed E-state index contributed by atoms with van der Waals surface area (Å²) in [7, 11) is -4.20. The van der Waals surface area contributed by atoms with E-state index in [-0.39, 0.29) is 23.1 Å². The Balaban J connectivity index is 2.40. The summed E-state index contributed by atoms with van der Waals surface area (Å²) in [6.45, 7) is 16.1. The molecule has 0 bridgehead atoms. The predicted octanol–water partition coefficient (Wildman–Crippen LogP) is 8.34. The van der Waals surface area contributed by atoms with E-state index >= 15 is 0 Å². The lowest BCUT2D eigenvalue weighted by Gasteiger charge is -2.25. The van der Waals surface area contributed by atoms with Gasteiger partial charge in [-0.1, -0.05) is 102 Å². The molecular formula is C31H37O3P. The monoisotopic (exact) mass is 488 g/mol. The van der Waals surface area contributed by atoms with Gasteiger partial charge < -0.3 is 4.57 Å². The standard InChI is InChI=1S/C31H37O3P/c1-19(2)24-17-26(20(3)4)29(27(18-24)21(5)6)31(33)35(34,25-15-10-9-11-16-25)30(32)28-22(7)13-12-14-23(28)8/h9-21H,1-8H3. The van der Waals surface area contributed by atoms with Crippen molar-refractivity contribution < 1.29 is 14.2 Å². The van der Waals surface area contributed by atoms with Crippen LogP contribution in [0.5, 0.6) is 0 Å². The van der Waals surface area contributed by atoms with E-state index in [1.165, 1.54) is 0 Å². The molecule has 0 radical (unpaired) electrons. The molecule has 0 aliphatic rings. The fraction of sp³-hybridized carbons (Fsp3) is 0.355. The largest absolute Gasteiger partial charge is 0.302 e. The topological polar surface area (TPSA) is 51.2 Å². The third-order valence-corrected chi connectivity index (χ3v) is 9.35. The minimum Gasteiger partial charge on any atom is -0.302 e. The highest BCUT2D eigenvalue weighted by Gasteiger charge is 2.45. The molecule has 3 rings (SSSR count). The van der Waals surface area contributed by atoms with Crippen LogP contribution in [0.2, 0.25) is 0 Å². The second kappa shape index (κ2) is 10.5. The van der Waals surface area contributed by atoms with Crippen LogP contribution in [0.4, 0.5) is 0 Å². The lowest BCUT2D eigenvalue weighted by molar-refractivity contribution is 0.103. The number of aryl methyl sites for hydroxylation is 2. The number of hydrogen-bond donors (Lipinski definition) is 0. The summed E-state index contributed by atoms with van der Waals surface area (Å²) in [6.07, 6.45) is 0. The van der Waals surface area contributed by atoms with E-state index in [0.717, 1.165) is 27.8 Å². The number of rotatable bonds is 8. The summed E-state index contributed by atoms with van der Waals surface area (Å²) >= 11 is 0. The first kappa shape index (κ1) is 26.8. The second-order valence-corrected chi connectivity index (χ2v) is 12.9. The molecule has 0 saturated heterocycles. The first-order chi connectivity index (χ1) is 16.4. The molecule has 0 N–H and O–H groups in total. The van der Waals surface area contributed by atoms with E-state index in [4.69, 9.17) is 0 Å². The fourth-order valence-electron chi connectivity index (χ4n) is 4.63. The van der Waals surface area contributed by atoms with Gasteiger partial charge in [-0.2, -0.15) is 0 Å². The minimum absolute atomic E-state index is 0.0321. The minimum atomic E-state index is -4.20. The third kappa shape index (κ3) is 4.98. The molecule has 0 aromatic heterocycles. The maximum Gasteiger partial charge on any atom is 0.248 e. The van der Waals surface area contributed by atoms with Crippen molar-refractivity contribution in [2.75, 3.05) is 0 Å². The van der Waals surface area contributed by atoms with Gasteiger partial charge in [0.25, 0.3) is 0 Å². The summed E-state index contributed by atoms with van der Waals surface area (Å²) in [5.74, 6) is 0.348. The number of hydrogen-bond acceptors (Lipinski definition) is 3. The third-order valence-electron chi connectivity index (χ3n) is 6.73. The summed E-state index contributed by atoms with van der Waals surface area (Å²) in [5, 5.41) is 0.287. The quantitative estimate of drug-likeness (QED) is 0.299. The zero-order valence-electron chi connectivity index (χ0n) is 22.2. The van der Waals surface area contributed by atoms with Gasteiger partial charge in [-0.3, -0.25) is 9.59 Å². The summed E-state index contributed by atoms with van der Waals surface area (Å²) < 4.78 is 15.0. The molecule has 0 heterocycles. The molecule has 1 atom stereocenters. The molecule has 35 heavy (non-hydrogen) atoms. The van der Waals surface area contributed by atoms with Crippen LogP contribution >= 0.6 is 7.14 Å². The first-order valence-corrected chi connectivity index (χ1v) is 14.1. The van der Waals surface area contributed by atoms with Gasteiger partial charge in [0.05, 0.1) is 0 Å². The molecule has 1 unspecified atom stereocenters. The van der Waals surface area contributed by atoms with Gasteiger partial charge in [0.15, 0.2) is 0 Å². The van der Waals surface area contributed by atoms with Crippen LogP contribution in [-0.4, -0.2) is 11.0 Å². The van der Waals surface area contributed by atoms with E-state index in [1.807, 2.05) is 59.7 Å². The van der Waals surface area contributed by atoms with Gasteiger partial charge in [0.2, 0.25) is 18.2 Å². The highest BCUT2D eigenvalue weighted by molar-refractivity contribution is 8.01. The van der Waals surface area contributed by atoms with Crippen LogP contribution in [0, 0.1) is 13.8 Å². The summed E-state index contributed by atoms with van der Waals surface area (Å²) in [6, 6.07) is 18.2. The molecule has 0 saturated carbocycles. The SMILES string of the molecule is Cc1cccc(C)c1C(=O)P(=O)(C(=O)c1c(C(C)C)cc(C(C)C)cc1C(C)C)c1ccccc1. The average Bonchev–Trinajstić information content (AvgIpc) is 2.82. The van der Waals surface area contributed by atoms with Crippen molar-refractivity contribution >= 4 is 23.5 Å². The average molecular weight is 489 g/mol. The predicted molar refractivity (Wildman–Crippen MR) is 147 cm³/mol. The lowest BCUT2D eigenvalue weighted by atomic mass is 9.85. The smallest absolute Gasteiger partial charge is 0.248 e. The first-order valence-electron chi connectivity index (χ1n) is 12.4. The second-order valence-electron chi connectivity index (χ2n) is 10.4. The Kier molecular flexibility index (Phi) is 8.02. The molecule has 0 aliphatic heterocycles. The molecule has 4 heteroatoms. The van der Waals surface area contributed by atoms with Crippen LogP contribution < -0.4 is 5.30 Å². The van der Waals surface area contributed by atoms with E-state index in [2.05, 4.69) is 26.0 Å². The van der Waals surface area contributed by atoms with Crippen LogP contribution in [-0.2, 0) is 4.57 Å². The van der Waals surface area contributed by atoms with Gasteiger partial charge >= 0.3 is 0 Å². The molecule has 3 nitrogen and oxygen atoms in total. The van der Waals surface area contributed by atoms with E-state index in [0.29, 0.717) is 11.1 Å². The molecule has 0 amide bonds. The van der Waals surface area contributed by atoms with E-state index in [9.17, 15) is 14.2 Å². The maximum atomic E-state index is 15.0. The van der Waals surface area contributed by atoms with Crippen molar-refractivity contribution in [1.29, 1.82) is 0 Å². The van der Waals surface area contributed by atoms with Crippen molar-refractivity contribution in [3.05, 3.63) is 99.6 Å². The zero-order chi connectivity index (χ0) is 26.1. The maximum absolute atomic E-state index is 15.0. The van der Waals surface area contributed by atoms with Gasteiger partial charge in [-0.25, -0.2) is 0 Å². The molecular weight excluding hydrogens is 451 g/mol. The Morgan fingerprint density at radius 3 is 1.51 bits per heavy atom. The number of carbonyl (C=O) groups excluding carboxylic acids is 2. The van der Waals surface area contributed by atoms with Crippen LogP contribution in [0.3, 0.4) is 0 Å². The molecule has 0 spiro atoms. The fourth-order valence-corrected chi connectivity index (χ4v) is 7.12. The Bertz CT molecular complexity index is 1250. The highest BCUT2D eigenvalue weighted by atomic mass is 31.2. The van der Waals surface area contributed by atoms with Gasteiger partial charge in [0.1, 0.15) is 0 Å². The zero-order valence-corrected chi connectivity index (χ0v) is 23.1. The molecule has 0 aliphatic carbocycles. The summed E-state index contributed by atoms with van der Waals surface area (Å²) in [4.78, 5) is 28.7. The van der Waals surface area contributed by atoms with Crippen molar-refractivity contribution in [1.82, 2.24) is 0 Å². The number of benzene rings is 3. The Morgan fingerprint density at radius 1 is 0.629 bits per heavy atom. The Hall–Kier alpha value is -2.77. The van der Waals surface area contributed by atoms with Crippen molar-refractivity contribution in [3.63, 3.8) is 0 Å². The van der Waals surface area contributed by atoms with Crippen molar-refractivity contribution in [2.45, 2.75) is 73.1 Å². The normalized spacial score (nSPS) is 13.3. The Labute approximate surface area is 210 Å². The molecule has 0 fully saturated rings. The van der Waals surface area contributed by atoms with Gasteiger partial charge in [-0.05, 0) is 59.4 Å². The van der Waals surface area contributed by atoms with E-state index in [1.54, 1.807) is 30.3 Å². The van der Waals surface area contributed by atoms with Crippen molar-refractivity contribution in [2.24, 2.45) is 0 Å². The summed E-state index contributed by atoms with van der Waals surface area (Å²) in [5.41, 5.74) is 4.00. The van der Waals surface area contributed by atoms with Crippen molar-refractivity contribution in [3.8, 4) is 0 Å². The highest BCUT2D eigenvalue weighted by Crippen LogP contribution is 2.53. The van der Waals surface area contributed by atoms with Crippen LogP contribution in [0.25, 0.3) is 0 Å².